The number of hydrogen-bond acceptors (Lipinski definition) is 2. The molecule has 4 nitrogen and oxygen atoms in total. The summed E-state index contributed by atoms with van der Waals surface area (Å²) in [6, 6.07) is 3.92. The first-order valence-corrected chi connectivity index (χ1v) is 6.65. The molecule has 0 saturated carbocycles. The lowest BCUT2D eigenvalue weighted by Gasteiger charge is -2.11. The van der Waals surface area contributed by atoms with E-state index in [0.29, 0.717) is 12.2 Å². The normalized spacial score (nSPS) is 10.7. The molecular weight excluding hydrogens is 276 g/mol. The number of halogens is 2. The molecular formula is C15H17F2N3O. The van der Waals surface area contributed by atoms with Crippen molar-refractivity contribution in [3.63, 3.8) is 0 Å². The van der Waals surface area contributed by atoms with Crippen molar-refractivity contribution in [1.82, 2.24) is 4.57 Å². The predicted molar refractivity (Wildman–Crippen MR) is 78.2 cm³/mol. The average molecular weight is 293 g/mol. The van der Waals surface area contributed by atoms with E-state index in [-0.39, 0.29) is 11.3 Å². The van der Waals surface area contributed by atoms with Crippen molar-refractivity contribution in [2.75, 3.05) is 11.1 Å². The Bertz CT molecular complexity index is 680. The number of aryl methyl sites for hydroxylation is 2. The lowest BCUT2D eigenvalue weighted by Crippen LogP contribution is -2.18. The predicted octanol–water partition coefficient (Wildman–Crippen LogP) is 3.32. The number of amides is 1. The summed E-state index contributed by atoms with van der Waals surface area (Å²) in [4.78, 5) is 12.2. The minimum Gasteiger partial charge on any atom is -0.397 e. The Hall–Kier alpha value is -2.37. The maximum Gasteiger partial charge on any atom is 0.272 e. The minimum atomic E-state index is -0.812. The van der Waals surface area contributed by atoms with E-state index >= 15 is 0 Å². The summed E-state index contributed by atoms with van der Waals surface area (Å²) in [5.74, 6) is -2.18. The number of anilines is 2. The number of benzene rings is 1. The topological polar surface area (TPSA) is 60.0 Å². The molecule has 1 aromatic heterocycles. The molecule has 21 heavy (non-hydrogen) atoms. The van der Waals surface area contributed by atoms with Crippen molar-refractivity contribution in [3.05, 3.63) is 47.3 Å². The van der Waals surface area contributed by atoms with Crippen LogP contribution in [0, 0.1) is 18.6 Å². The third-order valence-electron chi connectivity index (χ3n) is 3.14. The van der Waals surface area contributed by atoms with E-state index in [1.54, 1.807) is 10.8 Å². The van der Waals surface area contributed by atoms with Crippen LogP contribution in [0.25, 0.3) is 0 Å². The number of nitrogen functional groups attached to an aromatic ring is 1. The quantitative estimate of drug-likeness (QED) is 0.908. The van der Waals surface area contributed by atoms with E-state index in [4.69, 9.17) is 5.73 Å². The molecule has 0 aliphatic carbocycles. The third kappa shape index (κ3) is 3.04. The summed E-state index contributed by atoms with van der Waals surface area (Å²) in [5.41, 5.74) is 6.20. The van der Waals surface area contributed by atoms with E-state index < -0.39 is 23.2 Å². The number of nitrogens with one attached hydrogen (secondary N) is 1. The Morgan fingerprint density at radius 3 is 2.76 bits per heavy atom. The molecule has 0 fully saturated rings. The van der Waals surface area contributed by atoms with Gasteiger partial charge >= 0.3 is 0 Å². The van der Waals surface area contributed by atoms with Gasteiger partial charge in [0.2, 0.25) is 0 Å². The van der Waals surface area contributed by atoms with Crippen LogP contribution in [0.5, 0.6) is 0 Å². The second kappa shape index (κ2) is 5.95. The molecule has 1 heterocycles. The van der Waals surface area contributed by atoms with Crippen molar-refractivity contribution in [1.29, 1.82) is 0 Å². The molecule has 0 aliphatic heterocycles. The lowest BCUT2D eigenvalue weighted by atomic mass is 10.2. The van der Waals surface area contributed by atoms with Crippen LogP contribution >= 0.6 is 0 Å². The molecule has 3 N–H and O–H groups in total. The summed E-state index contributed by atoms with van der Waals surface area (Å²) in [6.45, 7) is 4.05. The van der Waals surface area contributed by atoms with Crippen LogP contribution < -0.4 is 11.1 Å². The van der Waals surface area contributed by atoms with Gasteiger partial charge in [-0.1, -0.05) is 13.0 Å². The zero-order valence-electron chi connectivity index (χ0n) is 11.9. The highest BCUT2D eigenvalue weighted by Gasteiger charge is 2.18. The second-order valence-corrected chi connectivity index (χ2v) is 4.86. The first-order chi connectivity index (χ1) is 9.93. The highest BCUT2D eigenvalue weighted by molar-refractivity contribution is 6.04. The number of aromatic nitrogens is 1. The van der Waals surface area contributed by atoms with Crippen LogP contribution in [0.15, 0.2) is 24.4 Å². The summed E-state index contributed by atoms with van der Waals surface area (Å²) < 4.78 is 29.2. The number of hydrogen-bond donors (Lipinski definition) is 2. The van der Waals surface area contributed by atoms with Crippen LogP contribution in [-0.4, -0.2) is 10.5 Å². The molecule has 112 valence electrons. The van der Waals surface area contributed by atoms with Gasteiger partial charge in [0.15, 0.2) is 5.82 Å². The Kier molecular flexibility index (Phi) is 4.26. The molecule has 1 amide bonds. The number of carbonyl (C=O) groups is 1. The van der Waals surface area contributed by atoms with Crippen molar-refractivity contribution in [3.8, 4) is 0 Å². The third-order valence-corrected chi connectivity index (χ3v) is 3.14. The maximum absolute atomic E-state index is 13.9. The fourth-order valence-corrected chi connectivity index (χ4v) is 2.10. The van der Waals surface area contributed by atoms with Gasteiger partial charge in [-0.25, -0.2) is 8.78 Å². The van der Waals surface area contributed by atoms with E-state index in [1.807, 2.05) is 6.92 Å². The largest absolute Gasteiger partial charge is 0.397 e. The lowest BCUT2D eigenvalue weighted by molar-refractivity contribution is 0.101. The standard InChI is InChI=1S/C15H17F2N3O/c1-3-6-20-8-10(18)7-12(20)15(21)19-14-11(16)5-4-9(2)13(14)17/h4-5,7-8H,3,6,18H2,1-2H3,(H,19,21). The first-order valence-electron chi connectivity index (χ1n) is 6.65. The fraction of sp³-hybridized carbons (Fsp3) is 0.267. The highest BCUT2D eigenvalue weighted by Crippen LogP contribution is 2.23. The molecule has 2 aromatic rings. The molecule has 0 saturated heterocycles. The van der Waals surface area contributed by atoms with Crippen molar-refractivity contribution in [2.45, 2.75) is 26.8 Å². The molecule has 0 spiro atoms. The molecule has 0 atom stereocenters. The molecule has 6 heteroatoms. The van der Waals surface area contributed by atoms with Gasteiger partial charge in [0, 0.05) is 12.7 Å². The van der Waals surface area contributed by atoms with Gasteiger partial charge in [-0.3, -0.25) is 4.79 Å². The summed E-state index contributed by atoms with van der Waals surface area (Å²) in [5, 5.41) is 2.28. The monoisotopic (exact) mass is 293 g/mol. The molecule has 0 radical (unpaired) electrons. The van der Waals surface area contributed by atoms with E-state index in [1.165, 1.54) is 19.1 Å². The first kappa shape index (κ1) is 15.0. The van der Waals surface area contributed by atoms with E-state index in [2.05, 4.69) is 5.32 Å². The van der Waals surface area contributed by atoms with Gasteiger partial charge in [-0.2, -0.15) is 0 Å². The zero-order chi connectivity index (χ0) is 15.6. The van der Waals surface area contributed by atoms with Crippen LogP contribution in [-0.2, 0) is 6.54 Å². The molecule has 1 aromatic carbocycles. The van der Waals surface area contributed by atoms with Gasteiger partial charge < -0.3 is 15.6 Å². The Labute approximate surface area is 121 Å². The summed E-state index contributed by atoms with van der Waals surface area (Å²) >= 11 is 0. The summed E-state index contributed by atoms with van der Waals surface area (Å²) in [7, 11) is 0. The van der Waals surface area contributed by atoms with Gasteiger partial charge in [0.05, 0.1) is 5.69 Å². The average Bonchev–Trinajstić information content (AvgIpc) is 2.80. The van der Waals surface area contributed by atoms with Crippen LogP contribution in [0.3, 0.4) is 0 Å². The van der Waals surface area contributed by atoms with Crippen molar-refractivity contribution >= 4 is 17.3 Å². The van der Waals surface area contributed by atoms with Gasteiger partial charge in [-0.05, 0) is 31.0 Å². The smallest absolute Gasteiger partial charge is 0.272 e. The number of carbonyl (C=O) groups excluding carboxylic acids is 1. The number of nitrogens with two attached hydrogens (primary N) is 1. The van der Waals surface area contributed by atoms with Crippen LogP contribution in [0.1, 0.15) is 29.4 Å². The Morgan fingerprint density at radius 2 is 2.10 bits per heavy atom. The molecule has 0 bridgehead atoms. The SMILES string of the molecule is CCCn1cc(N)cc1C(=O)Nc1c(F)ccc(C)c1F. The number of rotatable bonds is 4. The van der Waals surface area contributed by atoms with E-state index in [9.17, 15) is 13.6 Å². The van der Waals surface area contributed by atoms with E-state index in [0.717, 1.165) is 12.5 Å². The minimum absolute atomic E-state index is 0.259. The fourth-order valence-electron chi connectivity index (χ4n) is 2.10. The second-order valence-electron chi connectivity index (χ2n) is 4.86. The van der Waals surface area contributed by atoms with Crippen molar-refractivity contribution < 1.29 is 13.6 Å². The zero-order valence-corrected chi connectivity index (χ0v) is 11.9. The highest BCUT2D eigenvalue weighted by atomic mass is 19.1. The molecule has 0 unspecified atom stereocenters. The number of nitrogens with zero attached hydrogens (tertiary/aromatic N) is 1. The molecule has 2 rings (SSSR count). The van der Waals surface area contributed by atoms with Gasteiger partial charge in [0.1, 0.15) is 17.2 Å². The Morgan fingerprint density at radius 1 is 1.38 bits per heavy atom. The summed E-state index contributed by atoms with van der Waals surface area (Å²) in [6.07, 6.45) is 2.43. The van der Waals surface area contributed by atoms with Gasteiger partial charge in [-0.15, -0.1) is 0 Å². The van der Waals surface area contributed by atoms with Crippen LogP contribution in [0.4, 0.5) is 20.2 Å². The van der Waals surface area contributed by atoms with Crippen molar-refractivity contribution in [2.24, 2.45) is 0 Å². The van der Waals surface area contributed by atoms with Gasteiger partial charge in [0.25, 0.3) is 5.91 Å². The van der Waals surface area contributed by atoms with Crippen LogP contribution in [0.2, 0.25) is 0 Å². The maximum atomic E-state index is 13.9. The Balaban J connectivity index is 2.33. The molecule has 0 aliphatic rings.